The highest BCUT2D eigenvalue weighted by molar-refractivity contribution is 7.88. The fourth-order valence-corrected chi connectivity index (χ4v) is 3.96. The number of carboxylic acids is 1. The van der Waals surface area contributed by atoms with Crippen LogP contribution in [0.5, 0.6) is 0 Å². The zero-order chi connectivity index (χ0) is 21.8. The van der Waals surface area contributed by atoms with Gasteiger partial charge in [-0.15, -0.1) is 0 Å². The lowest BCUT2D eigenvalue weighted by Crippen LogP contribution is -2.56. The Morgan fingerprint density at radius 1 is 1.14 bits per heavy atom. The van der Waals surface area contributed by atoms with Crippen molar-refractivity contribution < 1.29 is 32.3 Å². The van der Waals surface area contributed by atoms with Gasteiger partial charge in [-0.05, 0) is 30.7 Å². The van der Waals surface area contributed by atoms with Gasteiger partial charge in [0.2, 0.25) is 15.9 Å². The smallest absolute Gasteiger partial charge is 0.303 e. The van der Waals surface area contributed by atoms with Gasteiger partial charge in [0, 0.05) is 45.2 Å². The van der Waals surface area contributed by atoms with Crippen LogP contribution in [0, 0.1) is 5.82 Å². The summed E-state index contributed by atoms with van der Waals surface area (Å²) in [5.41, 5.74) is 0.170. The van der Waals surface area contributed by atoms with Gasteiger partial charge in [0.05, 0.1) is 6.26 Å². The minimum Gasteiger partial charge on any atom is -0.481 e. The number of sulfonamides is 1. The van der Waals surface area contributed by atoms with Crippen molar-refractivity contribution in [3.63, 3.8) is 0 Å². The van der Waals surface area contributed by atoms with Crippen molar-refractivity contribution in [3.05, 3.63) is 35.6 Å². The number of carbonyl (C=O) groups is 3. The molecular weight excluding hydrogens is 405 g/mol. The van der Waals surface area contributed by atoms with Crippen LogP contribution in [-0.2, 0) is 19.6 Å². The third-order valence-electron chi connectivity index (χ3n) is 4.82. The van der Waals surface area contributed by atoms with Crippen LogP contribution in [0.4, 0.5) is 4.39 Å². The molecule has 9 nitrogen and oxygen atoms in total. The molecule has 0 spiro atoms. The van der Waals surface area contributed by atoms with Crippen molar-refractivity contribution in [1.29, 1.82) is 0 Å². The number of amides is 2. The third-order valence-corrected chi connectivity index (χ3v) is 6.12. The first kappa shape index (κ1) is 22.8. The molecule has 29 heavy (non-hydrogen) atoms. The van der Waals surface area contributed by atoms with E-state index in [1.165, 1.54) is 28.4 Å². The monoisotopic (exact) mass is 429 g/mol. The highest BCUT2D eigenvalue weighted by atomic mass is 32.2. The number of carboxylic acid groups (broad SMARTS) is 1. The van der Waals surface area contributed by atoms with Gasteiger partial charge in [-0.25, -0.2) is 12.8 Å². The zero-order valence-electron chi connectivity index (χ0n) is 16.2. The molecule has 0 aromatic heterocycles. The lowest BCUT2D eigenvalue weighted by molar-refractivity contribution is -0.139. The Kier molecular flexibility index (Phi) is 7.31. The molecule has 0 bridgehead atoms. The number of hydrogen-bond donors (Lipinski definition) is 1. The second-order valence-electron chi connectivity index (χ2n) is 6.86. The predicted octanol–water partition coefficient (Wildman–Crippen LogP) is 0.235. The number of benzene rings is 1. The summed E-state index contributed by atoms with van der Waals surface area (Å²) in [5, 5.41) is 9.00. The SMILES string of the molecule is CN(C(=O)c1ccc(F)cc1)[C@@H](CCC(=O)O)C(=O)N1CCN(S(C)(=O)=O)CC1. The second-order valence-corrected chi connectivity index (χ2v) is 8.84. The summed E-state index contributed by atoms with van der Waals surface area (Å²) in [6.07, 6.45) is 0.680. The molecule has 2 rings (SSSR count). The first-order valence-electron chi connectivity index (χ1n) is 8.99. The molecule has 1 aromatic carbocycles. The standard InChI is InChI=1S/C18H24FN3O6S/c1-20(17(25)13-3-5-14(19)6-4-13)15(7-8-16(23)24)18(26)21-9-11-22(12-10-21)29(2,27)28/h3-6,15H,7-12H2,1-2H3,(H,23,24)/t15-/m0/s1. The molecular formula is C18H24FN3O6S. The quantitative estimate of drug-likeness (QED) is 0.664. The van der Waals surface area contributed by atoms with Gasteiger partial charge in [0.15, 0.2) is 0 Å². The maximum atomic E-state index is 13.1. The largest absolute Gasteiger partial charge is 0.481 e. The van der Waals surface area contributed by atoms with Crippen LogP contribution < -0.4 is 0 Å². The van der Waals surface area contributed by atoms with E-state index in [1.54, 1.807) is 0 Å². The second kappa shape index (κ2) is 9.31. The number of piperazine rings is 1. The molecule has 0 aliphatic carbocycles. The summed E-state index contributed by atoms with van der Waals surface area (Å²) in [4.78, 5) is 39.3. The van der Waals surface area contributed by atoms with E-state index < -0.39 is 39.7 Å². The van der Waals surface area contributed by atoms with E-state index in [0.29, 0.717) is 0 Å². The topological polar surface area (TPSA) is 115 Å². The Hall–Kier alpha value is -2.53. The number of aliphatic carboxylic acids is 1. The van der Waals surface area contributed by atoms with Crippen molar-refractivity contribution in [2.24, 2.45) is 0 Å². The average molecular weight is 429 g/mol. The van der Waals surface area contributed by atoms with Crippen molar-refractivity contribution >= 4 is 27.8 Å². The zero-order valence-corrected chi connectivity index (χ0v) is 17.1. The van der Waals surface area contributed by atoms with Crippen molar-refractivity contribution in [2.45, 2.75) is 18.9 Å². The van der Waals surface area contributed by atoms with Gasteiger partial charge in [-0.3, -0.25) is 14.4 Å². The van der Waals surface area contributed by atoms with Gasteiger partial charge >= 0.3 is 5.97 Å². The summed E-state index contributed by atoms with van der Waals surface area (Å²) < 4.78 is 37.6. The number of rotatable bonds is 7. The molecule has 11 heteroatoms. The molecule has 0 saturated carbocycles. The fourth-order valence-electron chi connectivity index (χ4n) is 3.13. The molecule has 2 amide bonds. The van der Waals surface area contributed by atoms with Crippen molar-refractivity contribution in [1.82, 2.24) is 14.1 Å². The minimum atomic E-state index is -3.36. The molecule has 160 valence electrons. The summed E-state index contributed by atoms with van der Waals surface area (Å²) in [6.45, 7) is 0.555. The molecule has 0 radical (unpaired) electrons. The Morgan fingerprint density at radius 2 is 1.69 bits per heavy atom. The van der Waals surface area contributed by atoms with Crippen LogP contribution in [0.15, 0.2) is 24.3 Å². The van der Waals surface area contributed by atoms with Crippen molar-refractivity contribution in [2.75, 3.05) is 39.5 Å². The van der Waals surface area contributed by atoms with Crippen LogP contribution >= 0.6 is 0 Å². The predicted molar refractivity (Wildman–Crippen MR) is 102 cm³/mol. The van der Waals surface area contributed by atoms with E-state index in [0.717, 1.165) is 23.3 Å². The van der Waals surface area contributed by atoms with Crippen LogP contribution in [0.3, 0.4) is 0 Å². The van der Waals surface area contributed by atoms with E-state index in [1.807, 2.05) is 0 Å². The van der Waals surface area contributed by atoms with Crippen LogP contribution in [0.2, 0.25) is 0 Å². The number of halogens is 1. The molecule has 1 aliphatic rings. The Balaban J connectivity index is 2.16. The first-order valence-corrected chi connectivity index (χ1v) is 10.8. The van der Waals surface area contributed by atoms with Gasteiger partial charge < -0.3 is 14.9 Å². The normalized spacial score (nSPS) is 16.3. The third kappa shape index (κ3) is 5.97. The number of likely N-dealkylation sites (N-methyl/N-ethyl adjacent to an activating group) is 1. The number of hydrogen-bond acceptors (Lipinski definition) is 5. The lowest BCUT2D eigenvalue weighted by atomic mass is 10.1. The molecule has 1 aliphatic heterocycles. The Morgan fingerprint density at radius 3 is 2.17 bits per heavy atom. The maximum Gasteiger partial charge on any atom is 0.303 e. The van der Waals surface area contributed by atoms with E-state index >= 15 is 0 Å². The highest BCUT2D eigenvalue weighted by Gasteiger charge is 2.34. The Labute approximate surface area is 168 Å². The summed E-state index contributed by atoms with van der Waals surface area (Å²) in [7, 11) is -1.97. The average Bonchev–Trinajstić information content (AvgIpc) is 2.67. The van der Waals surface area contributed by atoms with Crippen LogP contribution in [0.1, 0.15) is 23.2 Å². The molecule has 1 fully saturated rings. The fraction of sp³-hybridized carbons (Fsp3) is 0.500. The van der Waals surface area contributed by atoms with Crippen molar-refractivity contribution in [3.8, 4) is 0 Å². The van der Waals surface area contributed by atoms with E-state index in [2.05, 4.69) is 0 Å². The maximum absolute atomic E-state index is 13.1. The molecule has 1 N–H and O–H groups in total. The van der Waals surface area contributed by atoms with E-state index in [9.17, 15) is 27.2 Å². The summed E-state index contributed by atoms with van der Waals surface area (Å²) in [5.74, 6) is -2.60. The Bertz CT molecular complexity index is 866. The first-order chi connectivity index (χ1) is 13.5. The number of nitrogens with zero attached hydrogens (tertiary/aromatic N) is 3. The number of carbonyl (C=O) groups excluding carboxylic acids is 2. The molecule has 1 aromatic rings. The molecule has 0 unspecified atom stereocenters. The summed E-state index contributed by atoms with van der Waals surface area (Å²) in [6, 6.07) is 3.79. The molecule has 1 heterocycles. The van der Waals surface area contributed by atoms with Gasteiger partial charge in [0.25, 0.3) is 5.91 Å². The van der Waals surface area contributed by atoms with Crippen LogP contribution in [0.25, 0.3) is 0 Å². The van der Waals surface area contributed by atoms with E-state index in [4.69, 9.17) is 5.11 Å². The van der Waals surface area contributed by atoms with Crippen LogP contribution in [-0.4, -0.2) is 90.9 Å². The van der Waals surface area contributed by atoms with E-state index in [-0.39, 0.29) is 44.6 Å². The summed E-state index contributed by atoms with van der Waals surface area (Å²) >= 11 is 0. The van der Waals surface area contributed by atoms with Gasteiger partial charge in [-0.1, -0.05) is 0 Å². The van der Waals surface area contributed by atoms with Gasteiger partial charge in [-0.2, -0.15) is 4.31 Å². The highest BCUT2D eigenvalue weighted by Crippen LogP contribution is 2.16. The minimum absolute atomic E-state index is 0.0934. The molecule has 1 saturated heterocycles. The lowest BCUT2D eigenvalue weighted by Gasteiger charge is -2.37. The molecule has 1 atom stereocenters. The van der Waals surface area contributed by atoms with Gasteiger partial charge in [0.1, 0.15) is 11.9 Å².